The Bertz CT molecular complexity index is 1290. The summed E-state index contributed by atoms with van der Waals surface area (Å²) in [6.07, 6.45) is 1.54. The van der Waals surface area contributed by atoms with Crippen molar-refractivity contribution in [3.8, 4) is 5.75 Å². The highest BCUT2D eigenvalue weighted by Crippen LogP contribution is 2.29. The molecule has 0 spiro atoms. The van der Waals surface area contributed by atoms with Gasteiger partial charge in [0.15, 0.2) is 0 Å². The van der Waals surface area contributed by atoms with Crippen LogP contribution < -0.4 is 10.1 Å². The van der Waals surface area contributed by atoms with Crippen LogP contribution in [0.15, 0.2) is 97.1 Å². The third kappa shape index (κ3) is 7.57. The van der Waals surface area contributed by atoms with E-state index in [0.29, 0.717) is 12.5 Å². The molecule has 1 amide bonds. The van der Waals surface area contributed by atoms with Crippen molar-refractivity contribution in [2.24, 2.45) is 5.92 Å². The first kappa shape index (κ1) is 26.2. The second kappa shape index (κ2) is 12.4. The van der Waals surface area contributed by atoms with E-state index in [4.69, 9.17) is 4.74 Å². The molecule has 0 bridgehead atoms. The minimum absolute atomic E-state index is 0.0362. The number of rotatable bonds is 10. The van der Waals surface area contributed by atoms with Crippen molar-refractivity contribution < 1.29 is 9.53 Å². The molecule has 0 aromatic heterocycles. The van der Waals surface area contributed by atoms with Gasteiger partial charge in [0.2, 0.25) is 5.91 Å². The van der Waals surface area contributed by atoms with Gasteiger partial charge in [-0.25, -0.2) is 0 Å². The minimum Gasteiger partial charge on any atom is -0.489 e. The molecule has 0 aliphatic rings. The van der Waals surface area contributed by atoms with Crippen molar-refractivity contribution in [1.29, 1.82) is 0 Å². The van der Waals surface area contributed by atoms with Crippen molar-refractivity contribution in [3.05, 3.63) is 130 Å². The first-order valence-electron chi connectivity index (χ1n) is 13.1. The number of para-hydroxylation sites is 1. The normalized spacial score (nSPS) is 11.8. The number of nitrogens with one attached hydrogen (secondary N) is 1. The minimum atomic E-state index is -0.215. The first-order valence-corrected chi connectivity index (χ1v) is 13.1. The van der Waals surface area contributed by atoms with Crippen molar-refractivity contribution >= 4 is 11.6 Å². The van der Waals surface area contributed by atoms with Crippen LogP contribution in [0.1, 0.15) is 59.6 Å². The Hall–Kier alpha value is -3.85. The van der Waals surface area contributed by atoms with Crippen molar-refractivity contribution in [2.45, 2.75) is 53.1 Å². The highest BCUT2D eigenvalue weighted by atomic mass is 16.5. The number of benzene rings is 4. The molecule has 1 unspecified atom stereocenters. The van der Waals surface area contributed by atoms with Gasteiger partial charge >= 0.3 is 0 Å². The molecule has 4 rings (SSSR count). The van der Waals surface area contributed by atoms with E-state index in [0.717, 1.165) is 41.0 Å². The van der Waals surface area contributed by atoms with Crippen LogP contribution in [-0.4, -0.2) is 5.91 Å². The van der Waals surface area contributed by atoms with Crippen LogP contribution in [0.3, 0.4) is 0 Å². The van der Waals surface area contributed by atoms with Crippen molar-refractivity contribution in [3.63, 3.8) is 0 Å². The lowest BCUT2D eigenvalue weighted by atomic mass is 9.87. The number of amides is 1. The van der Waals surface area contributed by atoms with E-state index in [-0.39, 0.29) is 11.8 Å². The molecule has 4 aromatic rings. The molecule has 1 atom stereocenters. The van der Waals surface area contributed by atoms with Crippen LogP contribution in [0.2, 0.25) is 0 Å². The summed E-state index contributed by atoms with van der Waals surface area (Å²) in [7, 11) is 0. The number of carbonyl (C=O) groups is 1. The molecule has 0 radical (unpaired) electrons. The maximum atomic E-state index is 13.8. The third-order valence-electron chi connectivity index (χ3n) is 6.49. The average molecular weight is 492 g/mol. The molecule has 37 heavy (non-hydrogen) atoms. The topological polar surface area (TPSA) is 38.3 Å². The Morgan fingerprint density at radius 1 is 0.784 bits per heavy atom. The van der Waals surface area contributed by atoms with Gasteiger partial charge in [0.05, 0.1) is 5.92 Å². The van der Waals surface area contributed by atoms with Crippen LogP contribution in [-0.2, 0) is 17.8 Å². The Morgan fingerprint density at radius 2 is 1.43 bits per heavy atom. The second-order valence-corrected chi connectivity index (χ2v) is 10.3. The predicted molar refractivity (Wildman–Crippen MR) is 153 cm³/mol. The summed E-state index contributed by atoms with van der Waals surface area (Å²) < 4.78 is 5.99. The van der Waals surface area contributed by atoms with Gasteiger partial charge in [0.1, 0.15) is 12.4 Å². The van der Waals surface area contributed by atoms with Crippen LogP contribution in [0.5, 0.6) is 5.75 Å². The molecular formula is C34H37NO2. The van der Waals surface area contributed by atoms with Gasteiger partial charge in [0, 0.05) is 5.69 Å². The molecule has 0 fully saturated rings. The highest BCUT2D eigenvalue weighted by molar-refractivity contribution is 5.96. The van der Waals surface area contributed by atoms with Crippen LogP contribution in [0, 0.1) is 19.8 Å². The fourth-order valence-corrected chi connectivity index (χ4v) is 4.78. The third-order valence-corrected chi connectivity index (χ3v) is 6.49. The zero-order valence-electron chi connectivity index (χ0n) is 22.3. The lowest BCUT2D eigenvalue weighted by Crippen LogP contribution is -2.23. The van der Waals surface area contributed by atoms with E-state index < -0.39 is 0 Å². The van der Waals surface area contributed by atoms with Crippen molar-refractivity contribution in [1.82, 2.24) is 0 Å². The maximum absolute atomic E-state index is 13.8. The maximum Gasteiger partial charge on any atom is 0.231 e. The zero-order valence-corrected chi connectivity index (χ0v) is 22.3. The number of hydrogen-bond acceptors (Lipinski definition) is 2. The van der Waals surface area contributed by atoms with Crippen LogP contribution in [0.4, 0.5) is 5.69 Å². The van der Waals surface area contributed by atoms with Gasteiger partial charge in [-0.15, -0.1) is 0 Å². The van der Waals surface area contributed by atoms with Crippen LogP contribution >= 0.6 is 0 Å². The predicted octanol–water partition coefficient (Wildman–Crippen LogP) is 8.24. The van der Waals surface area contributed by atoms with E-state index in [1.165, 1.54) is 16.7 Å². The van der Waals surface area contributed by atoms with Gasteiger partial charge in [0.25, 0.3) is 0 Å². The first-order chi connectivity index (χ1) is 17.9. The quantitative estimate of drug-likeness (QED) is 0.243. The van der Waals surface area contributed by atoms with E-state index in [1.807, 2.05) is 48.5 Å². The number of aryl methyl sites for hydroxylation is 2. The lowest BCUT2D eigenvalue weighted by molar-refractivity contribution is -0.118. The summed E-state index contributed by atoms with van der Waals surface area (Å²) in [5.74, 6) is 1.04. The molecule has 3 heteroatoms. The van der Waals surface area contributed by atoms with E-state index in [2.05, 4.69) is 81.5 Å². The summed E-state index contributed by atoms with van der Waals surface area (Å²) in [6.45, 7) is 8.96. The largest absolute Gasteiger partial charge is 0.489 e. The molecular weight excluding hydrogens is 454 g/mol. The zero-order chi connectivity index (χ0) is 26.2. The van der Waals surface area contributed by atoms with Gasteiger partial charge in [-0.1, -0.05) is 104 Å². The van der Waals surface area contributed by atoms with E-state index >= 15 is 0 Å². The molecule has 0 saturated carbocycles. The SMILES string of the molecule is Cc1cc(C)cc(C(CC(C)C)C(=O)Nc2cc(COc3ccccc3)ccc2Cc2ccccc2)c1. The highest BCUT2D eigenvalue weighted by Gasteiger charge is 2.23. The summed E-state index contributed by atoms with van der Waals surface area (Å²) in [5.41, 5.74) is 7.61. The number of carbonyl (C=O) groups excluding carboxylic acids is 1. The van der Waals surface area contributed by atoms with Crippen LogP contribution in [0.25, 0.3) is 0 Å². The summed E-state index contributed by atoms with van der Waals surface area (Å²) in [4.78, 5) is 13.8. The number of ether oxygens (including phenoxy) is 1. The Morgan fingerprint density at radius 3 is 2.08 bits per heavy atom. The second-order valence-electron chi connectivity index (χ2n) is 10.3. The molecule has 190 valence electrons. The van der Waals surface area contributed by atoms with Gasteiger partial charge < -0.3 is 10.1 Å². The Kier molecular flexibility index (Phi) is 8.79. The molecule has 0 aliphatic heterocycles. The average Bonchev–Trinajstić information content (AvgIpc) is 2.88. The fourth-order valence-electron chi connectivity index (χ4n) is 4.78. The summed E-state index contributed by atoms with van der Waals surface area (Å²) in [5, 5.41) is 3.32. The summed E-state index contributed by atoms with van der Waals surface area (Å²) in [6, 6.07) is 32.9. The Balaban J connectivity index is 1.63. The standard InChI is InChI=1S/C34H37NO2/c1-24(2)17-32(30-19-25(3)18-26(4)20-30)34(36)35-33-22-28(23-37-31-13-9-6-10-14-31)15-16-29(33)21-27-11-7-5-8-12-27/h5-16,18-20,22,24,32H,17,21,23H2,1-4H3,(H,35,36). The molecule has 0 saturated heterocycles. The smallest absolute Gasteiger partial charge is 0.231 e. The van der Waals surface area contributed by atoms with Gasteiger partial charge in [-0.05, 0) is 73.1 Å². The lowest BCUT2D eigenvalue weighted by Gasteiger charge is -2.22. The van der Waals surface area contributed by atoms with Gasteiger partial charge in [-0.2, -0.15) is 0 Å². The fraction of sp³-hybridized carbons (Fsp3) is 0.265. The Labute approximate surface area is 221 Å². The molecule has 0 aliphatic carbocycles. The molecule has 1 N–H and O–H groups in total. The van der Waals surface area contributed by atoms with Crippen molar-refractivity contribution in [2.75, 3.05) is 5.32 Å². The monoisotopic (exact) mass is 491 g/mol. The van der Waals surface area contributed by atoms with E-state index in [1.54, 1.807) is 0 Å². The molecule has 3 nitrogen and oxygen atoms in total. The van der Waals surface area contributed by atoms with E-state index in [9.17, 15) is 4.79 Å². The summed E-state index contributed by atoms with van der Waals surface area (Å²) >= 11 is 0. The van der Waals surface area contributed by atoms with Gasteiger partial charge in [-0.3, -0.25) is 4.79 Å². The number of anilines is 1. The molecule has 0 heterocycles. The number of hydrogen-bond donors (Lipinski definition) is 1. The molecule has 4 aromatic carbocycles.